The standard InChI is InChI=1S/C8H12BrNO3/c1-13-7(12)10-8(3-2-4-8)6(11)5-9/h2-5H2,1H3,(H,10,12). The Kier molecular flexibility index (Phi) is 3.30. The largest absolute Gasteiger partial charge is 0.453 e. The molecule has 0 unspecified atom stereocenters. The predicted octanol–water partition coefficient (Wildman–Crippen LogP) is 1.23. The lowest BCUT2D eigenvalue weighted by Gasteiger charge is -2.39. The number of carbonyl (C=O) groups is 2. The molecular weight excluding hydrogens is 238 g/mol. The fraction of sp³-hybridized carbons (Fsp3) is 0.750. The van der Waals surface area contributed by atoms with Crippen molar-refractivity contribution in [3.63, 3.8) is 0 Å². The van der Waals surface area contributed by atoms with Gasteiger partial charge in [0, 0.05) is 0 Å². The maximum Gasteiger partial charge on any atom is 0.407 e. The maximum absolute atomic E-state index is 11.5. The van der Waals surface area contributed by atoms with Crippen molar-refractivity contribution in [3.05, 3.63) is 0 Å². The van der Waals surface area contributed by atoms with Crippen LogP contribution in [-0.2, 0) is 9.53 Å². The number of hydrogen-bond donors (Lipinski definition) is 1. The first-order valence-corrected chi connectivity index (χ1v) is 5.22. The van der Waals surface area contributed by atoms with E-state index in [0.29, 0.717) is 12.8 Å². The third-order valence-electron chi connectivity index (χ3n) is 2.39. The monoisotopic (exact) mass is 249 g/mol. The van der Waals surface area contributed by atoms with Crippen LogP contribution >= 0.6 is 15.9 Å². The number of ether oxygens (including phenoxy) is 1. The highest BCUT2D eigenvalue weighted by molar-refractivity contribution is 9.09. The molecule has 0 radical (unpaired) electrons. The van der Waals surface area contributed by atoms with E-state index in [1.54, 1.807) is 0 Å². The van der Waals surface area contributed by atoms with E-state index in [4.69, 9.17) is 0 Å². The number of nitrogens with one attached hydrogen (secondary N) is 1. The van der Waals surface area contributed by atoms with Crippen molar-refractivity contribution < 1.29 is 14.3 Å². The first kappa shape index (κ1) is 10.5. The van der Waals surface area contributed by atoms with Gasteiger partial charge in [-0.15, -0.1) is 0 Å². The van der Waals surface area contributed by atoms with E-state index in [2.05, 4.69) is 26.0 Å². The number of alkyl halides is 1. The first-order chi connectivity index (χ1) is 6.14. The van der Waals surface area contributed by atoms with Crippen LogP contribution in [0.5, 0.6) is 0 Å². The Bertz CT molecular complexity index is 225. The van der Waals surface area contributed by atoms with Crippen molar-refractivity contribution in [2.24, 2.45) is 0 Å². The maximum atomic E-state index is 11.5. The SMILES string of the molecule is COC(=O)NC1(C(=O)CBr)CCC1. The van der Waals surface area contributed by atoms with Gasteiger partial charge in [-0.05, 0) is 19.3 Å². The van der Waals surface area contributed by atoms with E-state index >= 15 is 0 Å². The molecule has 0 aromatic heterocycles. The van der Waals surface area contributed by atoms with E-state index in [9.17, 15) is 9.59 Å². The predicted molar refractivity (Wildman–Crippen MR) is 50.9 cm³/mol. The molecule has 0 heterocycles. The number of amides is 1. The summed E-state index contributed by atoms with van der Waals surface area (Å²) in [6, 6.07) is 0. The fourth-order valence-electron chi connectivity index (χ4n) is 1.38. The Morgan fingerprint density at radius 2 is 2.15 bits per heavy atom. The number of alkyl carbamates (subject to hydrolysis) is 1. The Morgan fingerprint density at radius 3 is 2.46 bits per heavy atom. The molecule has 1 amide bonds. The second-order valence-corrected chi connectivity index (χ2v) is 3.67. The minimum absolute atomic E-state index is 0.0177. The van der Waals surface area contributed by atoms with Gasteiger partial charge in [-0.3, -0.25) is 4.79 Å². The number of rotatable bonds is 3. The van der Waals surface area contributed by atoms with E-state index in [1.807, 2.05) is 0 Å². The normalized spacial score (nSPS) is 18.6. The molecule has 13 heavy (non-hydrogen) atoms. The van der Waals surface area contributed by atoms with Gasteiger partial charge in [0.2, 0.25) is 0 Å². The average molecular weight is 250 g/mol. The number of ketones is 1. The zero-order valence-corrected chi connectivity index (χ0v) is 9.02. The van der Waals surface area contributed by atoms with Gasteiger partial charge < -0.3 is 10.1 Å². The molecule has 0 spiro atoms. The zero-order valence-electron chi connectivity index (χ0n) is 7.43. The molecule has 0 aromatic carbocycles. The Morgan fingerprint density at radius 1 is 1.54 bits per heavy atom. The fourth-order valence-corrected chi connectivity index (χ4v) is 1.91. The molecular formula is C8H12BrNO3. The lowest BCUT2D eigenvalue weighted by Crippen LogP contribution is -2.59. The van der Waals surface area contributed by atoms with Gasteiger partial charge in [-0.1, -0.05) is 15.9 Å². The molecule has 0 atom stereocenters. The Balaban J connectivity index is 2.59. The number of hydrogen-bond acceptors (Lipinski definition) is 3. The van der Waals surface area contributed by atoms with E-state index in [-0.39, 0.29) is 11.1 Å². The van der Waals surface area contributed by atoms with Crippen molar-refractivity contribution in [1.29, 1.82) is 0 Å². The Hall–Kier alpha value is -0.580. The molecule has 0 aromatic rings. The summed E-state index contributed by atoms with van der Waals surface area (Å²) in [4.78, 5) is 22.4. The second kappa shape index (κ2) is 4.09. The third kappa shape index (κ3) is 2.02. The molecule has 1 N–H and O–H groups in total. The van der Waals surface area contributed by atoms with Crippen molar-refractivity contribution in [1.82, 2.24) is 5.32 Å². The van der Waals surface area contributed by atoms with Crippen LogP contribution in [0.2, 0.25) is 0 Å². The molecule has 5 heteroatoms. The highest BCUT2D eigenvalue weighted by Crippen LogP contribution is 2.33. The van der Waals surface area contributed by atoms with Crippen LogP contribution in [0.3, 0.4) is 0 Å². The number of carbonyl (C=O) groups excluding carboxylic acids is 2. The lowest BCUT2D eigenvalue weighted by atomic mass is 9.74. The smallest absolute Gasteiger partial charge is 0.407 e. The molecule has 1 rings (SSSR count). The van der Waals surface area contributed by atoms with Crippen LogP contribution in [0.15, 0.2) is 0 Å². The van der Waals surface area contributed by atoms with Crippen LogP contribution in [-0.4, -0.2) is 29.9 Å². The molecule has 0 bridgehead atoms. The average Bonchev–Trinajstić information content (AvgIpc) is 2.09. The minimum atomic E-state index is -0.656. The summed E-state index contributed by atoms with van der Waals surface area (Å²) < 4.78 is 4.46. The van der Waals surface area contributed by atoms with Crippen molar-refractivity contribution in [2.75, 3.05) is 12.4 Å². The van der Waals surface area contributed by atoms with Gasteiger partial charge >= 0.3 is 6.09 Å². The molecule has 4 nitrogen and oxygen atoms in total. The highest BCUT2D eigenvalue weighted by Gasteiger charge is 2.44. The number of Topliss-reactive ketones (excluding diaryl/α,β-unsaturated/α-hetero) is 1. The molecule has 74 valence electrons. The molecule has 0 aliphatic heterocycles. The summed E-state index contributed by atoms with van der Waals surface area (Å²) in [6.45, 7) is 0. The van der Waals surface area contributed by atoms with E-state index < -0.39 is 11.6 Å². The highest BCUT2D eigenvalue weighted by atomic mass is 79.9. The van der Waals surface area contributed by atoms with Crippen molar-refractivity contribution in [2.45, 2.75) is 24.8 Å². The summed E-state index contributed by atoms with van der Waals surface area (Å²) >= 11 is 3.10. The minimum Gasteiger partial charge on any atom is -0.453 e. The summed E-state index contributed by atoms with van der Waals surface area (Å²) in [5.74, 6) is 0.0177. The second-order valence-electron chi connectivity index (χ2n) is 3.11. The topological polar surface area (TPSA) is 55.4 Å². The van der Waals surface area contributed by atoms with Gasteiger partial charge in [0.25, 0.3) is 0 Å². The lowest BCUT2D eigenvalue weighted by molar-refractivity contribution is -0.125. The van der Waals surface area contributed by atoms with Crippen LogP contribution in [0.1, 0.15) is 19.3 Å². The van der Waals surface area contributed by atoms with E-state index in [0.717, 1.165) is 6.42 Å². The van der Waals surface area contributed by atoms with E-state index in [1.165, 1.54) is 7.11 Å². The molecule has 1 aliphatic rings. The van der Waals surface area contributed by atoms with Gasteiger partial charge in [0.05, 0.1) is 12.4 Å². The van der Waals surface area contributed by atoms with Gasteiger partial charge in [-0.25, -0.2) is 4.79 Å². The number of methoxy groups -OCH3 is 1. The van der Waals surface area contributed by atoms with Gasteiger partial charge in [-0.2, -0.15) is 0 Å². The van der Waals surface area contributed by atoms with Gasteiger partial charge in [0.15, 0.2) is 5.78 Å². The Labute approximate surface area is 85.1 Å². The molecule has 1 fully saturated rings. The van der Waals surface area contributed by atoms with Crippen LogP contribution in [0, 0.1) is 0 Å². The summed E-state index contributed by atoms with van der Waals surface area (Å²) in [7, 11) is 1.29. The first-order valence-electron chi connectivity index (χ1n) is 4.10. The van der Waals surface area contributed by atoms with Crippen molar-refractivity contribution in [3.8, 4) is 0 Å². The third-order valence-corrected chi connectivity index (χ3v) is 2.90. The van der Waals surface area contributed by atoms with Crippen LogP contribution < -0.4 is 5.32 Å². The zero-order chi connectivity index (χ0) is 9.90. The van der Waals surface area contributed by atoms with Gasteiger partial charge in [0.1, 0.15) is 5.54 Å². The molecule has 1 aliphatic carbocycles. The number of halogens is 1. The summed E-state index contributed by atoms with van der Waals surface area (Å²) in [5.41, 5.74) is -0.656. The molecule has 0 saturated heterocycles. The molecule has 1 saturated carbocycles. The van der Waals surface area contributed by atoms with Crippen molar-refractivity contribution >= 4 is 27.8 Å². The van der Waals surface area contributed by atoms with Crippen LogP contribution in [0.4, 0.5) is 4.79 Å². The summed E-state index contributed by atoms with van der Waals surface area (Å²) in [6.07, 6.45) is 1.87. The quantitative estimate of drug-likeness (QED) is 0.766. The summed E-state index contributed by atoms with van der Waals surface area (Å²) in [5, 5.41) is 2.86. The van der Waals surface area contributed by atoms with Crippen LogP contribution in [0.25, 0.3) is 0 Å².